The van der Waals surface area contributed by atoms with E-state index in [9.17, 15) is 9.59 Å². The number of likely N-dealkylation sites (tertiary alicyclic amines) is 1. The third kappa shape index (κ3) is 2.90. The molecule has 0 bridgehead atoms. The van der Waals surface area contributed by atoms with Gasteiger partial charge in [0, 0.05) is 35.9 Å². The van der Waals surface area contributed by atoms with Crippen molar-refractivity contribution in [1.82, 2.24) is 9.47 Å². The molecule has 0 unspecified atom stereocenters. The van der Waals surface area contributed by atoms with Crippen LogP contribution in [0.2, 0.25) is 0 Å². The largest absolute Gasteiger partial charge is 0.468 e. The second kappa shape index (κ2) is 6.09. The number of urea groups is 1. The minimum atomic E-state index is -0.288. The van der Waals surface area contributed by atoms with Crippen molar-refractivity contribution in [2.24, 2.45) is 0 Å². The molecule has 1 N–H and O–H groups in total. The monoisotopic (exact) mass is 301 g/mol. The molecule has 2 aromatic rings. The number of methoxy groups -OCH3 is 1. The molecule has 2 amide bonds. The van der Waals surface area contributed by atoms with Gasteiger partial charge in [0.15, 0.2) is 0 Å². The highest BCUT2D eigenvalue weighted by Crippen LogP contribution is 2.21. The van der Waals surface area contributed by atoms with Crippen molar-refractivity contribution in [1.29, 1.82) is 0 Å². The number of amides is 2. The molecule has 1 fully saturated rings. The maximum atomic E-state index is 12.1. The van der Waals surface area contributed by atoms with Crippen LogP contribution in [0.1, 0.15) is 12.8 Å². The first-order valence-corrected chi connectivity index (χ1v) is 7.39. The molecule has 1 aliphatic heterocycles. The van der Waals surface area contributed by atoms with Crippen LogP contribution in [0.3, 0.4) is 0 Å². The number of hydrogen-bond donors (Lipinski definition) is 1. The molecule has 0 atom stereocenters. The Hall–Kier alpha value is -2.50. The highest BCUT2D eigenvalue weighted by Gasteiger charge is 2.17. The fraction of sp³-hybridized carbons (Fsp3) is 0.375. The van der Waals surface area contributed by atoms with E-state index in [1.54, 1.807) is 0 Å². The van der Waals surface area contributed by atoms with Crippen LogP contribution in [0.15, 0.2) is 30.5 Å². The zero-order valence-corrected chi connectivity index (χ0v) is 12.5. The first-order valence-electron chi connectivity index (χ1n) is 7.39. The first-order chi connectivity index (χ1) is 10.7. The number of fused-ring (bicyclic) bond motifs is 1. The fourth-order valence-corrected chi connectivity index (χ4v) is 2.74. The summed E-state index contributed by atoms with van der Waals surface area (Å²) in [5.74, 6) is -0.288. The topological polar surface area (TPSA) is 63.6 Å². The van der Waals surface area contributed by atoms with Gasteiger partial charge in [-0.3, -0.25) is 4.79 Å². The number of nitrogens with one attached hydrogen (secondary N) is 1. The fourth-order valence-electron chi connectivity index (χ4n) is 2.74. The first kappa shape index (κ1) is 14.4. The third-order valence-electron chi connectivity index (χ3n) is 3.94. The average Bonchev–Trinajstić information content (AvgIpc) is 3.17. The summed E-state index contributed by atoms with van der Waals surface area (Å²) in [5, 5.41) is 3.90. The Labute approximate surface area is 128 Å². The van der Waals surface area contributed by atoms with E-state index in [4.69, 9.17) is 0 Å². The van der Waals surface area contributed by atoms with Gasteiger partial charge in [0.2, 0.25) is 0 Å². The van der Waals surface area contributed by atoms with Crippen molar-refractivity contribution in [3.63, 3.8) is 0 Å². The summed E-state index contributed by atoms with van der Waals surface area (Å²) < 4.78 is 6.51. The summed E-state index contributed by atoms with van der Waals surface area (Å²) in [6.45, 7) is 1.83. The van der Waals surface area contributed by atoms with E-state index >= 15 is 0 Å². The predicted octanol–water partition coefficient (Wildman–Crippen LogP) is 2.44. The minimum Gasteiger partial charge on any atom is -0.468 e. The summed E-state index contributed by atoms with van der Waals surface area (Å²) in [7, 11) is 1.38. The molecule has 2 heterocycles. The van der Waals surface area contributed by atoms with Crippen LogP contribution in [-0.2, 0) is 16.1 Å². The van der Waals surface area contributed by atoms with Gasteiger partial charge in [0.05, 0.1) is 7.11 Å². The molecule has 3 rings (SSSR count). The zero-order valence-electron chi connectivity index (χ0n) is 12.5. The Kier molecular flexibility index (Phi) is 4.00. The lowest BCUT2D eigenvalue weighted by Gasteiger charge is -2.16. The molecule has 6 nitrogen and oxygen atoms in total. The minimum absolute atomic E-state index is 0.0501. The molecule has 1 saturated heterocycles. The van der Waals surface area contributed by atoms with E-state index in [-0.39, 0.29) is 18.5 Å². The van der Waals surface area contributed by atoms with Crippen molar-refractivity contribution >= 4 is 28.6 Å². The molecule has 116 valence electrons. The number of esters is 1. The van der Waals surface area contributed by atoms with E-state index in [1.165, 1.54) is 7.11 Å². The van der Waals surface area contributed by atoms with Crippen molar-refractivity contribution in [2.75, 3.05) is 25.5 Å². The Morgan fingerprint density at radius 1 is 1.23 bits per heavy atom. The van der Waals surface area contributed by atoms with E-state index < -0.39 is 0 Å². The Bertz CT molecular complexity index is 702. The van der Waals surface area contributed by atoms with Gasteiger partial charge in [-0.25, -0.2) is 4.79 Å². The Morgan fingerprint density at radius 3 is 2.73 bits per heavy atom. The number of carbonyl (C=O) groups excluding carboxylic acids is 2. The number of carbonyl (C=O) groups is 2. The zero-order chi connectivity index (χ0) is 15.5. The highest BCUT2D eigenvalue weighted by molar-refractivity contribution is 5.93. The van der Waals surface area contributed by atoms with Gasteiger partial charge in [0.1, 0.15) is 6.54 Å². The van der Waals surface area contributed by atoms with Crippen LogP contribution in [0.5, 0.6) is 0 Å². The molecule has 1 aromatic heterocycles. The number of anilines is 1. The summed E-state index contributed by atoms with van der Waals surface area (Å²) in [5.41, 5.74) is 1.70. The molecule has 0 saturated carbocycles. The highest BCUT2D eigenvalue weighted by atomic mass is 16.5. The van der Waals surface area contributed by atoms with Gasteiger partial charge in [-0.1, -0.05) is 0 Å². The van der Waals surface area contributed by atoms with E-state index in [0.29, 0.717) is 0 Å². The number of hydrogen-bond acceptors (Lipinski definition) is 3. The summed E-state index contributed by atoms with van der Waals surface area (Å²) in [6.07, 6.45) is 3.99. The van der Waals surface area contributed by atoms with Crippen LogP contribution in [0.25, 0.3) is 10.9 Å². The normalized spacial score (nSPS) is 14.3. The molecule has 6 heteroatoms. The second-order valence-corrected chi connectivity index (χ2v) is 5.42. The Balaban J connectivity index is 1.76. The van der Waals surface area contributed by atoms with Crippen molar-refractivity contribution in [3.05, 3.63) is 30.5 Å². The third-order valence-corrected chi connectivity index (χ3v) is 3.94. The van der Waals surface area contributed by atoms with Crippen molar-refractivity contribution in [2.45, 2.75) is 19.4 Å². The maximum absolute atomic E-state index is 12.1. The Morgan fingerprint density at radius 2 is 2.00 bits per heavy atom. The average molecular weight is 301 g/mol. The van der Waals surface area contributed by atoms with Crippen LogP contribution in [0.4, 0.5) is 10.5 Å². The van der Waals surface area contributed by atoms with Gasteiger partial charge in [-0.15, -0.1) is 0 Å². The van der Waals surface area contributed by atoms with Crippen LogP contribution in [0, 0.1) is 0 Å². The van der Waals surface area contributed by atoms with Crippen LogP contribution in [-0.4, -0.2) is 41.7 Å². The summed E-state index contributed by atoms with van der Waals surface area (Å²) >= 11 is 0. The number of aromatic nitrogens is 1. The van der Waals surface area contributed by atoms with Crippen LogP contribution >= 0.6 is 0 Å². The standard InChI is InChI=1S/C16H19N3O3/c1-22-15(20)11-19-9-6-12-10-13(4-5-14(12)19)17-16(21)18-7-2-3-8-18/h4-6,9-10H,2-3,7-8,11H2,1H3,(H,17,21). The smallest absolute Gasteiger partial charge is 0.325 e. The predicted molar refractivity (Wildman–Crippen MR) is 83.8 cm³/mol. The molecule has 1 aliphatic rings. The number of nitrogens with zero attached hydrogens (tertiary/aromatic N) is 2. The van der Waals surface area contributed by atoms with Gasteiger partial charge in [-0.2, -0.15) is 0 Å². The number of rotatable bonds is 3. The number of ether oxygens (including phenoxy) is 1. The molecule has 1 aromatic carbocycles. The molecule has 22 heavy (non-hydrogen) atoms. The molecule has 0 spiro atoms. The maximum Gasteiger partial charge on any atom is 0.325 e. The van der Waals surface area contributed by atoms with Crippen molar-refractivity contribution < 1.29 is 14.3 Å². The molecule has 0 radical (unpaired) electrons. The van der Waals surface area contributed by atoms with Gasteiger partial charge < -0.3 is 19.5 Å². The van der Waals surface area contributed by atoms with Crippen molar-refractivity contribution in [3.8, 4) is 0 Å². The molecular weight excluding hydrogens is 282 g/mol. The van der Waals surface area contributed by atoms with Gasteiger partial charge in [0.25, 0.3) is 0 Å². The van der Waals surface area contributed by atoms with Crippen LogP contribution < -0.4 is 5.32 Å². The molecule has 0 aliphatic carbocycles. The SMILES string of the molecule is COC(=O)Cn1ccc2cc(NC(=O)N3CCCC3)ccc21. The summed E-state index contributed by atoms with van der Waals surface area (Å²) in [4.78, 5) is 25.3. The lowest BCUT2D eigenvalue weighted by atomic mass is 10.2. The van der Waals surface area contributed by atoms with E-state index in [1.807, 2.05) is 39.9 Å². The van der Waals surface area contributed by atoms with E-state index in [2.05, 4.69) is 10.1 Å². The van der Waals surface area contributed by atoms with Gasteiger partial charge >= 0.3 is 12.0 Å². The lowest BCUT2D eigenvalue weighted by molar-refractivity contribution is -0.141. The molecular formula is C16H19N3O3. The second-order valence-electron chi connectivity index (χ2n) is 5.42. The van der Waals surface area contributed by atoms with Gasteiger partial charge in [-0.05, 0) is 37.1 Å². The van der Waals surface area contributed by atoms with E-state index in [0.717, 1.165) is 42.5 Å². The number of benzene rings is 1. The summed E-state index contributed by atoms with van der Waals surface area (Å²) in [6, 6.07) is 7.54. The lowest BCUT2D eigenvalue weighted by Crippen LogP contribution is -2.32. The quantitative estimate of drug-likeness (QED) is 0.886.